The molecule has 0 spiro atoms. The van der Waals surface area contributed by atoms with Crippen molar-refractivity contribution in [3.05, 3.63) is 24.2 Å². The van der Waals surface area contributed by atoms with Gasteiger partial charge in [-0.25, -0.2) is 9.50 Å². The molecule has 21 heavy (non-hydrogen) atoms. The van der Waals surface area contributed by atoms with Gasteiger partial charge in [-0.15, -0.1) is 0 Å². The fourth-order valence-corrected chi connectivity index (χ4v) is 2.46. The quantitative estimate of drug-likeness (QED) is 0.851. The SMILES string of the molecule is CC(C)CN(CCCN)c1nccn2nc(C(C)C)cc12. The summed E-state index contributed by atoms with van der Waals surface area (Å²) in [7, 11) is 0. The number of fused-ring (bicyclic) bond motifs is 1. The lowest BCUT2D eigenvalue weighted by molar-refractivity contribution is 0.596. The third-order valence-electron chi connectivity index (χ3n) is 3.50. The summed E-state index contributed by atoms with van der Waals surface area (Å²) in [6.45, 7) is 11.4. The zero-order valence-electron chi connectivity index (χ0n) is 13.6. The van der Waals surface area contributed by atoms with Crippen molar-refractivity contribution in [3.63, 3.8) is 0 Å². The van der Waals surface area contributed by atoms with Crippen molar-refractivity contribution in [2.24, 2.45) is 11.7 Å². The third kappa shape index (κ3) is 3.73. The van der Waals surface area contributed by atoms with Crippen LogP contribution in [0.4, 0.5) is 5.82 Å². The van der Waals surface area contributed by atoms with Crippen LogP contribution in [0.2, 0.25) is 0 Å². The predicted octanol–water partition coefficient (Wildman–Crippen LogP) is 2.66. The molecule has 2 aromatic rings. The topological polar surface area (TPSA) is 59.5 Å². The van der Waals surface area contributed by atoms with Gasteiger partial charge in [0.05, 0.1) is 5.69 Å². The first-order chi connectivity index (χ1) is 10.0. The molecular formula is C16H27N5. The number of aromatic nitrogens is 3. The highest BCUT2D eigenvalue weighted by Crippen LogP contribution is 2.23. The van der Waals surface area contributed by atoms with Gasteiger partial charge in [0.2, 0.25) is 0 Å². The van der Waals surface area contributed by atoms with Crippen LogP contribution in [0.25, 0.3) is 5.52 Å². The highest BCUT2D eigenvalue weighted by atomic mass is 15.3. The maximum Gasteiger partial charge on any atom is 0.154 e. The molecule has 5 heteroatoms. The minimum absolute atomic E-state index is 0.417. The Morgan fingerprint density at radius 3 is 2.67 bits per heavy atom. The van der Waals surface area contributed by atoms with E-state index < -0.39 is 0 Å². The minimum Gasteiger partial charge on any atom is -0.355 e. The molecule has 116 valence electrons. The minimum atomic E-state index is 0.417. The summed E-state index contributed by atoms with van der Waals surface area (Å²) in [5, 5.41) is 4.64. The first kappa shape index (κ1) is 15.8. The van der Waals surface area contributed by atoms with Crippen LogP contribution in [0.15, 0.2) is 18.5 Å². The van der Waals surface area contributed by atoms with E-state index >= 15 is 0 Å². The van der Waals surface area contributed by atoms with Gasteiger partial charge in [-0.2, -0.15) is 5.10 Å². The van der Waals surface area contributed by atoms with E-state index in [4.69, 9.17) is 5.73 Å². The van der Waals surface area contributed by atoms with Gasteiger partial charge in [-0.1, -0.05) is 27.7 Å². The number of nitrogens with two attached hydrogens (primary N) is 1. The zero-order chi connectivity index (χ0) is 15.4. The second-order valence-electron chi connectivity index (χ2n) is 6.29. The Bertz CT molecular complexity index is 573. The van der Waals surface area contributed by atoms with E-state index in [0.717, 1.165) is 36.5 Å². The van der Waals surface area contributed by atoms with Gasteiger partial charge in [-0.3, -0.25) is 0 Å². The number of hydrogen-bond acceptors (Lipinski definition) is 4. The van der Waals surface area contributed by atoms with E-state index in [1.807, 2.05) is 16.9 Å². The third-order valence-corrected chi connectivity index (χ3v) is 3.50. The Hall–Kier alpha value is -1.62. The molecule has 0 unspecified atom stereocenters. The molecule has 0 saturated carbocycles. The smallest absolute Gasteiger partial charge is 0.154 e. The predicted molar refractivity (Wildman–Crippen MR) is 87.8 cm³/mol. The van der Waals surface area contributed by atoms with Crippen molar-refractivity contribution in [1.82, 2.24) is 14.6 Å². The van der Waals surface area contributed by atoms with Crippen molar-refractivity contribution in [2.45, 2.75) is 40.0 Å². The van der Waals surface area contributed by atoms with E-state index in [-0.39, 0.29) is 0 Å². The molecule has 0 aliphatic heterocycles. The zero-order valence-corrected chi connectivity index (χ0v) is 13.6. The van der Waals surface area contributed by atoms with Crippen LogP contribution >= 0.6 is 0 Å². The average Bonchev–Trinajstić information content (AvgIpc) is 2.87. The fraction of sp³-hybridized carbons (Fsp3) is 0.625. The molecule has 0 aliphatic rings. The van der Waals surface area contributed by atoms with Crippen molar-refractivity contribution in [2.75, 3.05) is 24.5 Å². The second kappa shape index (κ2) is 6.89. The summed E-state index contributed by atoms with van der Waals surface area (Å²) in [5.74, 6) is 2.01. The van der Waals surface area contributed by atoms with E-state index in [2.05, 4.69) is 48.7 Å². The van der Waals surface area contributed by atoms with Gasteiger partial charge in [-0.05, 0) is 30.9 Å². The normalized spacial score (nSPS) is 11.8. The second-order valence-corrected chi connectivity index (χ2v) is 6.29. The van der Waals surface area contributed by atoms with Crippen LogP contribution in [0.1, 0.15) is 45.7 Å². The largest absolute Gasteiger partial charge is 0.355 e. The number of rotatable bonds is 7. The standard InChI is InChI=1S/C16H27N5/c1-12(2)11-20(8-5-6-17)16-15-10-14(13(3)4)19-21(15)9-7-18-16/h7,9-10,12-13H,5-6,8,11,17H2,1-4H3. The molecule has 2 heterocycles. The van der Waals surface area contributed by atoms with E-state index in [9.17, 15) is 0 Å². The van der Waals surface area contributed by atoms with Gasteiger partial charge in [0.25, 0.3) is 0 Å². The molecular weight excluding hydrogens is 262 g/mol. The highest BCUT2D eigenvalue weighted by Gasteiger charge is 2.16. The van der Waals surface area contributed by atoms with Crippen LogP contribution < -0.4 is 10.6 Å². The summed E-state index contributed by atoms with van der Waals surface area (Å²) >= 11 is 0. The van der Waals surface area contributed by atoms with Gasteiger partial charge in [0, 0.05) is 25.5 Å². The van der Waals surface area contributed by atoms with E-state index in [0.29, 0.717) is 18.4 Å². The monoisotopic (exact) mass is 289 g/mol. The number of anilines is 1. The molecule has 0 aromatic carbocycles. The Kier molecular flexibility index (Phi) is 5.17. The highest BCUT2D eigenvalue weighted by molar-refractivity contribution is 5.69. The van der Waals surface area contributed by atoms with Crippen LogP contribution in [0.5, 0.6) is 0 Å². The van der Waals surface area contributed by atoms with Gasteiger partial charge in [0.1, 0.15) is 5.52 Å². The summed E-state index contributed by atoms with van der Waals surface area (Å²) in [6.07, 6.45) is 4.72. The van der Waals surface area contributed by atoms with Crippen molar-refractivity contribution in [1.29, 1.82) is 0 Å². The summed E-state index contributed by atoms with van der Waals surface area (Å²) in [5.41, 5.74) is 7.86. The summed E-state index contributed by atoms with van der Waals surface area (Å²) in [6, 6.07) is 2.16. The van der Waals surface area contributed by atoms with Crippen LogP contribution in [0, 0.1) is 5.92 Å². The van der Waals surface area contributed by atoms with Crippen molar-refractivity contribution < 1.29 is 0 Å². The van der Waals surface area contributed by atoms with Gasteiger partial charge < -0.3 is 10.6 Å². The van der Waals surface area contributed by atoms with Gasteiger partial charge in [0.15, 0.2) is 5.82 Å². The first-order valence-corrected chi connectivity index (χ1v) is 7.82. The molecule has 0 amide bonds. The molecule has 2 N–H and O–H groups in total. The molecule has 5 nitrogen and oxygen atoms in total. The molecule has 0 saturated heterocycles. The van der Waals surface area contributed by atoms with E-state index in [1.54, 1.807) is 0 Å². The molecule has 2 aromatic heterocycles. The molecule has 0 atom stereocenters. The number of nitrogens with zero attached hydrogens (tertiary/aromatic N) is 4. The molecule has 0 aliphatic carbocycles. The van der Waals surface area contributed by atoms with Gasteiger partial charge >= 0.3 is 0 Å². The Morgan fingerprint density at radius 2 is 2.05 bits per heavy atom. The lowest BCUT2D eigenvalue weighted by Gasteiger charge is -2.25. The maximum atomic E-state index is 5.68. The van der Waals surface area contributed by atoms with Crippen LogP contribution in [-0.2, 0) is 0 Å². The summed E-state index contributed by atoms with van der Waals surface area (Å²) < 4.78 is 1.94. The molecule has 2 rings (SSSR count). The Morgan fingerprint density at radius 1 is 1.29 bits per heavy atom. The summed E-state index contributed by atoms with van der Waals surface area (Å²) in [4.78, 5) is 6.94. The molecule has 0 fully saturated rings. The Balaban J connectivity index is 2.40. The van der Waals surface area contributed by atoms with Crippen molar-refractivity contribution in [3.8, 4) is 0 Å². The average molecular weight is 289 g/mol. The molecule has 0 bridgehead atoms. The van der Waals surface area contributed by atoms with Crippen LogP contribution in [0.3, 0.4) is 0 Å². The Labute approximate surface area is 127 Å². The molecule has 0 radical (unpaired) electrons. The van der Waals surface area contributed by atoms with Crippen LogP contribution in [-0.4, -0.2) is 34.2 Å². The first-order valence-electron chi connectivity index (χ1n) is 7.82. The lowest BCUT2D eigenvalue weighted by atomic mass is 10.1. The number of hydrogen-bond donors (Lipinski definition) is 1. The fourth-order valence-electron chi connectivity index (χ4n) is 2.46. The van der Waals surface area contributed by atoms with E-state index in [1.165, 1.54) is 0 Å². The van der Waals surface area contributed by atoms with Crippen molar-refractivity contribution >= 4 is 11.3 Å². The maximum absolute atomic E-state index is 5.68. The lowest BCUT2D eigenvalue weighted by Crippen LogP contribution is -2.31.